The van der Waals surface area contributed by atoms with Crippen LogP contribution in [0.5, 0.6) is 0 Å². The number of hydrogen-bond acceptors (Lipinski definition) is 1. The van der Waals surface area contributed by atoms with Gasteiger partial charge in [-0.05, 0) is 115 Å². The van der Waals surface area contributed by atoms with Crippen LogP contribution in [0.2, 0.25) is 0 Å². The first kappa shape index (κ1) is 21.5. The quantitative estimate of drug-likeness (QED) is 0.403. The molecule has 170 valence electrons. The molecule has 4 fully saturated rings. The fourth-order valence-electron chi connectivity index (χ4n) is 10.3. The van der Waals surface area contributed by atoms with Gasteiger partial charge in [-0.3, -0.25) is 0 Å². The minimum absolute atomic E-state index is 0.0598. The lowest BCUT2D eigenvalue weighted by Crippen LogP contribution is -2.63. The van der Waals surface area contributed by atoms with Crippen molar-refractivity contribution in [1.82, 2.24) is 0 Å². The average molecular weight is 413 g/mol. The Bertz CT molecular complexity index is 745. The van der Waals surface area contributed by atoms with E-state index in [4.69, 9.17) is 0 Å². The molecule has 5 rings (SSSR count). The summed E-state index contributed by atoms with van der Waals surface area (Å²) in [5.41, 5.74) is 3.66. The first-order valence-electron chi connectivity index (χ1n) is 13.2. The van der Waals surface area contributed by atoms with Gasteiger partial charge in [0.2, 0.25) is 0 Å². The molecule has 0 heterocycles. The maximum Gasteiger partial charge on any atom is 0.0594 e. The van der Waals surface area contributed by atoms with Crippen molar-refractivity contribution in [1.29, 1.82) is 0 Å². The Kier molecular flexibility index (Phi) is 4.59. The van der Waals surface area contributed by atoms with Gasteiger partial charge in [0.05, 0.1) is 6.10 Å². The van der Waals surface area contributed by atoms with Crippen molar-refractivity contribution in [2.45, 2.75) is 119 Å². The van der Waals surface area contributed by atoms with Gasteiger partial charge in [-0.1, -0.05) is 60.1 Å². The summed E-state index contributed by atoms with van der Waals surface area (Å²) in [6.45, 7) is 17.8. The molecule has 0 aromatic carbocycles. The second kappa shape index (κ2) is 6.39. The van der Waals surface area contributed by atoms with E-state index in [1.165, 1.54) is 57.8 Å². The second-order valence-corrected chi connectivity index (χ2v) is 14.5. The van der Waals surface area contributed by atoms with Crippen molar-refractivity contribution >= 4 is 0 Å². The monoisotopic (exact) mass is 412 g/mol. The average Bonchev–Trinajstić information content (AvgIpc) is 2.65. The fraction of sp³-hybridized carbons (Fsp3) is 0.931. The van der Waals surface area contributed by atoms with Crippen molar-refractivity contribution in [3.05, 3.63) is 11.6 Å². The van der Waals surface area contributed by atoms with Gasteiger partial charge in [-0.2, -0.15) is 0 Å². The van der Waals surface area contributed by atoms with Crippen LogP contribution in [0.25, 0.3) is 0 Å². The van der Waals surface area contributed by atoms with Gasteiger partial charge in [0.15, 0.2) is 0 Å². The molecule has 0 bridgehead atoms. The molecule has 1 nitrogen and oxygen atoms in total. The first-order chi connectivity index (χ1) is 13.9. The Hall–Kier alpha value is -0.300. The third-order valence-corrected chi connectivity index (χ3v) is 12.4. The Morgan fingerprint density at radius 2 is 1.50 bits per heavy atom. The van der Waals surface area contributed by atoms with E-state index >= 15 is 0 Å². The number of aliphatic hydroxyl groups is 1. The summed E-state index contributed by atoms with van der Waals surface area (Å²) in [5.74, 6) is 3.24. The van der Waals surface area contributed by atoms with Crippen LogP contribution in [0.1, 0.15) is 113 Å². The molecular weight excluding hydrogens is 364 g/mol. The van der Waals surface area contributed by atoms with Gasteiger partial charge in [-0.15, -0.1) is 0 Å². The molecule has 4 saturated carbocycles. The molecule has 1 heteroatoms. The first-order valence-corrected chi connectivity index (χ1v) is 13.2. The zero-order chi connectivity index (χ0) is 21.7. The molecule has 5 aliphatic rings. The summed E-state index contributed by atoms with van der Waals surface area (Å²) in [7, 11) is 0. The van der Waals surface area contributed by atoms with Crippen molar-refractivity contribution in [2.24, 2.45) is 50.7 Å². The van der Waals surface area contributed by atoms with Gasteiger partial charge in [-0.25, -0.2) is 0 Å². The SMILES string of the molecule is CC1(C)CC[C@@H]2CC[C@@]3(C)C(=CCC4[C@@]5(C)CC[C@H](O)C(C)(C)C5CC[C@]43C)[C@@H]2C1. The Morgan fingerprint density at radius 1 is 0.800 bits per heavy atom. The van der Waals surface area contributed by atoms with Crippen LogP contribution < -0.4 is 0 Å². The highest BCUT2D eigenvalue weighted by atomic mass is 16.3. The van der Waals surface area contributed by atoms with E-state index in [-0.39, 0.29) is 11.5 Å². The zero-order valence-electron chi connectivity index (χ0n) is 21.0. The lowest BCUT2D eigenvalue weighted by Gasteiger charge is -2.70. The van der Waals surface area contributed by atoms with Crippen LogP contribution in [0.15, 0.2) is 11.6 Å². The van der Waals surface area contributed by atoms with Gasteiger partial charge in [0, 0.05) is 0 Å². The summed E-state index contributed by atoms with van der Waals surface area (Å²) in [6.07, 6.45) is 16.0. The smallest absolute Gasteiger partial charge is 0.0594 e. The second-order valence-electron chi connectivity index (χ2n) is 14.5. The van der Waals surface area contributed by atoms with E-state index in [1.807, 2.05) is 5.57 Å². The van der Waals surface area contributed by atoms with E-state index in [1.54, 1.807) is 0 Å². The minimum atomic E-state index is -0.120. The standard InChI is InChI=1S/C29H48O/c1-25(2)14-10-19-11-16-28(6)21(20(19)18-25)8-9-23-27(5)15-13-24(30)26(3,4)22(27)12-17-29(23,28)7/h8,19-20,22-24,30H,9-18H2,1-7H3/t19-,20-,22?,23?,24+,27+,28+,29-/m1/s1. The molecule has 0 spiro atoms. The van der Waals surface area contributed by atoms with Crippen molar-refractivity contribution in [2.75, 3.05) is 0 Å². The highest BCUT2D eigenvalue weighted by Gasteiger charge is 2.66. The molecule has 0 amide bonds. The minimum Gasteiger partial charge on any atom is -0.393 e. The molecule has 0 saturated heterocycles. The van der Waals surface area contributed by atoms with Crippen molar-refractivity contribution < 1.29 is 5.11 Å². The van der Waals surface area contributed by atoms with Crippen molar-refractivity contribution in [3.63, 3.8) is 0 Å². The summed E-state index contributed by atoms with van der Waals surface area (Å²) < 4.78 is 0. The van der Waals surface area contributed by atoms with Crippen LogP contribution in [-0.4, -0.2) is 11.2 Å². The summed E-state index contributed by atoms with van der Waals surface area (Å²) >= 11 is 0. The predicted octanol–water partition coefficient (Wildman–Crippen LogP) is 7.78. The van der Waals surface area contributed by atoms with Gasteiger partial charge < -0.3 is 5.11 Å². The maximum absolute atomic E-state index is 10.9. The molecule has 1 N–H and O–H groups in total. The molecule has 0 radical (unpaired) electrons. The normalized spacial score (nSPS) is 54.1. The van der Waals surface area contributed by atoms with E-state index in [0.29, 0.717) is 27.6 Å². The molecule has 0 aliphatic heterocycles. The Morgan fingerprint density at radius 3 is 2.23 bits per heavy atom. The highest BCUT2D eigenvalue weighted by molar-refractivity contribution is 5.32. The summed E-state index contributed by atoms with van der Waals surface area (Å²) in [5, 5.41) is 10.9. The van der Waals surface area contributed by atoms with Gasteiger partial charge in [0.1, 0.15) is 0 Å². The van der Waals surface area contributed by atoms with Crippen LogP contribution in [0.3, 0.4) is 0 Å². The van der Waals surface area contributed by atoms with Gasteiger partial charge >= 0.3 is 0 Å². The van der Waals surface area contributed by atoms with E-state index in [2.05, 4.69) is 54.5 Å². The molecule has 8 atom stereocenters. The van der Waals surface area contributed by atoms with Crippen molar-refractivity contribution in [3.8, 4) is 0 Å². The van der Waals surface area contributed by atoms with Gasteiger partial charge in [0.25, 0.3) is 0 Å². The number of aliphatic hydroxyl groups excluding tert-OH is 1. The number of hydrogen-bond donors (Lipinski definition) is 1. The fourth-order valence-corrected chi connectivity index (χ4v) is 10.3. The number of fused-ring (bicyclic) bond motifs is 7. The van der Waals surface area contributed by atoms with Crippen LogP contribution in [0.4, 0.5) is 0 Å². The highest BCUT2D eigenvalue weighted by Crippen LogP contribution is 2.74. The summed E-state index contributed by atoms with van der Waals surface area (Å²) in [4.78, 5) is 0. The lowest BCUT2D eigenvalue weighted by atomic mass is 9.34. The molecule has 0 aromatic rings. The van der Waals surface area contributed by atoms with Crippen LogP contribution in [-0.2, 0) is 0 Å². The number of allylic oxidation sites excluding steroid dienone is 2. The molecular formula is C29H48O. The summed E-state index contributed by atoms with van der Waals surface area (Å²) in [6, 6.07) is 0. The predicted molar refractivity (Wildman–Crippen MR) is 126 cm³/mol. The third-order valence-electron chi connectivity index (χ3n) is 12.4. The zero-order valence-corrected chi connectivity index (χ0v) is 21.0. The van der Waals surface area contributed by atoms with Crippen LogP contribution in [0, 0.1) is 50.7 Å². The lowest BCUT2D eigenvalue weighted by molar-refractivity contribution is -0.200. The van der Waals surface area contributed by atoms with E-state index in [9.17, 15) is 5.11 Å². The maximum atomic E-state index is 10.9. The molecule has 5 aliphatic carbocycles. The Balaban J connectivity index is 1.55. The topological polar surface area (TPSA) is 20.2 Å². The Labute approximate surface area is 186 Å². The van der Waals surface area contributed by atoms with E-state index in [0.717, 1.165) is 24.2 Å². The molecule has 30 heavy (non-hydrogen) atoms. The largest absolute Gasteiger partial charge is 0.393 e. The number of rotatable bonds is 0. The van der Waals surface area contributed by atoms with E-state index < -0.39 is 0 Å². The molecule has 2 unspecified atom stereocenters. The van der Waals surface area contributed by atoms with Crippen LogP contribution >= 0.6 is 0 Å². The molecule has 0 aromatic heterocycles. The third kappa shape index (κ3) is 2.63.